The van der Waals surface area contributed by atoms with Crippen molar-refractivity contribution in [3.8, 4) is 0 Å². The molecule has 0 saturated carbocycles. The second-order valence-corrected chi connectivity index (χ2v) is 4.00. The van der Waals surface area contributed by atoms with Crippen LogP contribution in [0.5, 0.6) is 0 Å². The molecule has 0 radical (unpaired) electrons. The maximum atomic E-state index is 5.18. The molecule has 0 aromatic carbocycles. The van der Waals surface area contributed by atoms with Gasteiger partial charge < -0.3 is 15.1 Å². The Morgan fingerprint density at radius 3 is 2.88 bits per heavy atom. The lowest BCUT2D eigenvalue weighted by Gasteiger charge is -2.07. The molecule has 0 unspecified atom stereocenters. The van der Waals surface area contributed by atoms with Gasteiger partial charge in [0.25, 0.3) is 0 Å². The summed E-state index contributed by atoms with van der Waals surface area (Å²) >= 11 is 5.13. The van der Waals surface area contributed by atoms with Crippen molar-refractivity contribution < 1.29 is 4.42 Å². The largest absolute Gasteiger partial charge is 0.467 e. The van der Waals surface area contributed by atoms with Crippen LogP contribution in [-0.2, 0) is 20.1 Å². The zero-order chi connectivity index (χ0) is 12.1. The van der Waals surface area contributed by atoms with Crippen molar-refractivity contribution in [1.29, 1.82) is 0 Å². The van der Waals surface area contributed by atoms with Crippen LogP contribution < -0.4 is 10.6 Å². The lowest BCUT2D eigenvalue weighted by molar-refractivity contribution is 0.502. The molecule has 0 aliphatic rings. The van der Waals surface area contributed by atoms with Crippen LogP contribution in [0.2, 0.25) is 0 Å². The lowest BCUT2D eigenvalue weighted by Crippen LogP contribution is -2.34. The van der Waals surface area contributed by atoms with E-state index in [4.69, 9.17) is 16.6 Å². The van der Waals surface area contributed by atoms with Crippen LogP contribution in [0.15, 0.2) is 35.1 Å². The van der Waals surface area contributed by atoms with Crippen LogP contribution in [0.1, 0.15) is 11.5 Å². The average Bonchev–Trinajstić information content (AvgIpc) is 2.95. The van der Waals surface area contributed by atoms with E-state index in [1.807, 2.05) is 31.4 Å². The van der Waals surface area contributed by atoms with Gasteiger partial charge in [-0.2, -0.15) is 5.10 Å². The van der Waals surface area contributed by atoms with Gasteiger partial charge in [-0.15, -0.1) is 0 Å². The number of furan rings is 1. The summed E-state index contributed by atoms with van der Waals surface area (Å²) in [6.45, 7) is 1.20. The minimum absolute atomic E-state index is 0.584. The molecule has 2 N–H and O–H groups in total. The highest BCUT2D eigenvalue weighted by atomic mass is 32.1. The Hall–Kier alpha value is -1.82. The average molecular weight is 250 g/mol. The lowest BCUT2D eigenvalue weighted by atomic mass is 10.4. The van der Waals surface area contributed by atoms with Gasteiger partial charge in [0.2, 0.25) is 0 Å². The number of rotatable bonds is 4. The van der Waals surface area contributed by atoms with E-state index in [0.717, 1.165) is 11.5 Å². The predicted molar refractivity (Wildman–Crippen MR) is 68.2 cm³/mol. The van der Waals surface area contributed by atoms with Gasteiger partial charge in [-0.3, -0.25) is 4.68 Å². The molecule has 0 aliphatic heterocycles. The minimum Gasteiger partial charge on any atom is -0.467 e. The summed E-state index contributed by atoms with van der Waals surface area (Å²) in [5, 5.41) is 11.0. The molecule has 17 heavy (non-hydrogen) atoms. The van der Waals surface area contributed by atoms with E-state index in [-0.39, 0.29) is 0 Å². The maximum Gasteiger partial charge on any atom is 0.166 e. The number of thiocarbonyl (C=S) groups is 1. The summed E-state index contributed by atoms with van der Waals surface area (Å²) in [5.41, 5.74) is 0.953. The number of nitrogens with zero attached hydrogens (tertiary/aromatic N) is 2. The highest BCUT2D eigenvalue weighted by Crippen LogP contribution is 1.98. The monoisotopic (exact) mass is 250 g/mol. The fraction of sp³-hybridized carbons (Fsp3) is 0.273. The van der Waals surface area contributed by atoms with E-state index >= 15 is 0 Å². The van der Waals surface area contributed by atoms with Gasteiger partial charge in [-0.25, -0.2) is 0 Å². The first-order chi connectivity index (χ1) is 8.24. The molecule has 0 atom stereocenters. The van der Waals surface area contributed by atoms with Crippen molar-refractivity contribution in [3.63, 3.8) is 0 Å². The SMILES string of the molecule is Cn1ccc(CNC(=S)NCc2ccco2)n1. The predicted octanol–water partition coefficient (Wildman–Crippen LogP) is 1.18. The Balaban J connectivity index is 1.71. The number of hydrogen-bond donors (Lipinski definition) is 2. The van der Waals surface area contributed by atoms with Crippen molar-refractivity contribution in [1.82, 2.24) is 20.4 Å². The quantitative estimate of drug-likeness (QED) is 0.798. The fourth-order valence-corrected chi connectivity index (χ4v) is 1.52. The van der Waals surface area contributed by atoms with Crippen LogP contribution in [0.25, 0.3) is 0 Å². The van der Waals surface area contributed by atoms with Crippen LogP contribution in [0.4, 0.5) is 0 Å². The number of nitrogens with one attached hydrogen (secondary N) is 2. The third kappa shape index (κ3) is 3.60. The van der Waals surface area contributed by atoms with Crippen LogP contribution >= 0.6 is 12.2 Å². The summed E-state index contributed by atoms with van der Waals surface area (Å²) in [5.74, 6) is 0.854. The molecule has 0 spiro atoms. The Kier molecular flexibility index (Phi) is 3.77. The first kappa shape index (κ1) is 11.7. The topological polar surface area (TPSA) is 55.0 Å². The first-order valence-electron chi connectivity index (χ1n) is 5.26. The molecular weight excluding hydrogens is 236 g/mol. The molecule has 2 aromatic heterocycles. The Bertz CT molecular complexity index is 477. The van der Waals surface area contributed by atoms with Crippen LogP contribution in [0.3, 0.4) is 0 Å². The smallest absolute Gasteiger partial charge is 0.166 e. The second kappa shape index (κ2) is 5.49. The zero-order valence-corrected chi connectivity index (χ0v) is 10.3. The van der Waals surface area contributed by atoms with Gasteiger partial charge in [0.15, 0.2) is 5.11 Å². The number of aromatic nitrogens is 2. The normalized spacial score (nSPS) is 10.2. The van der Waals surface area contributed by atoms with Crippen LogP contribution in [0, 0.1) is 0 Å². The molecule has 0 saturated heterocycles. The van der Waals surface area contributed by atoms with E-state index in [2.05, 4.69) is 15.7 Å². The Labute approximate surface area is 105 Å². The molecule has 0 aliphatic carbocycles. The number of aryl methyl sites for hydroxylation is 1. The van der Waals surface area contributed by atoms with Crippen molar-refractivity contribution in [3.05, 3.63) is 42.1 Å². The van der Waals surface area contributed by atoms with Crippen LogP contribution in [-0.4, -0.2) is 14.9 Å². The summed E-state index contributed by atoms with van der Waals surface area (Å²) in [6.07, 6.45) is 3.54. The summed E-state index contributed by atoms with van der Waals surface area (Å²) in [7, 11) is 1.89. The molecule has 2 rings (SSSR count). The molecule has 2 aromatic rings. The highest BCUT2D eigenvalue weighted by Gasteiger charge is 2.00. The molecule has 5 nitrogen and oxygen atoms in total. The number of hydrogen-bond acceptors (Lipinski definition) is 3. The molecular formula is C11H14N4OS. The van der Waals surface area contributed by atoms with E-state index in [1.54, 1.807) is 10.9 Å². The molecule has 0 fully saturated rings. The van der Waals surface area contributed by atoms with E-state index in [0.29, 0.717) is 18.2 Å². The van der Waals surface area contributed by atoms with Crippen molar-refractivity contribution in [2.75, 3.05) is 0 Å². The molecule has 90 valence electrons. The van der Waals surface area contributed by atoms with E-state index < -0.39 is 0 Å². The third-order valence-electron chi connectivity index (χ3n) is 2.20. The standard InChI is InChI=1S/C11H14N4OS/c1-15-5-4-9(14-15)7-12-11(17)13-8-10-3-2-6-16-10/h2-6H,7-8H2,1H3,(H2,12,13,17). The van der Waals surface area contributed by atoms with Crippen molar-refractivity contribution in [2.45, 2.75) is 13.1 Å². The van der Waals surface area contributed by atoms with Gasteiger partial charge >= 0.3 is 0 Å². The highest BCUT2D eigenvalue weighted by molar-refractivity contribution is 7.80. The fourth-order valence-electron chi connectivity index (χ4n) is 1.37. The third-order valence-corrected chi connectivity index (χ3v) is 2.49. The summed E-state index contributed by atoms with van der Waals surface area (Å²) in [4.78, 5) is 0. The Morgan fingerprint density at radius 2 is 2.24 bits per heavy atom. The minimum atomic E-state index is 0.584. The molecule has 2 heterocycles. The molecule has 0 bridgehead atoms. The van der Waals surface area contributed by atoms with Gasteiger partial charge in [-0.05, 0) is 30.4 Å². The van der Waals surface area contributed by atoms with Gasteiger partial charge in [0.05, 0.1) is 25.0 Å². The zero-order valence-electron chi connectivity index (χ0n) is 9.51. The molecule has 6 heteroatoms. The Morgan fingerprint density at radius 1 is 1.41 bits per heavy atom. The van der Waals surface area contributed by atoms with E-state index in [9.17, 15) is 0 Å². The first-order valence-corrected chi connectivity index (χ1v) is 5.67. The van der Waals surface area contributed by atoms with Crippen molar-refractivity contribution in [2.24, 2.45) is 7.05 Å². The molecule has 0 amide bonds. The van der Waals surface area contributed by atoms with Gasteiger partial charge in [0, 0.05) is 13.2 Å². The van der Waals surface area contributed by atoms with Gasteiger partial charge in [0.1, 0.15) is 5.76 Å². The second-order valence-electron chi connectivity index (χ2n) is 3.60. The summed E-state index contributed by atoms with van der Waals surface area (Å²) < 4.78 is 6.94. The summed E-state index contributed by atoms with van der Waals surface area (Å²) in [6, 6.07) is 5.69. The maximum absolute atomic E-state index is 5.18. The van der Waals surface area contributed by atoms with E-state index in [1.165, 1.54) is 0 Å². The van der Waals surface area contributed by atoms with Crippen molar-refractivity contribution >= 4 is 17.3 Å². The van der Waals surface area contributed by atoms with Gasteiger partial charge in [-0.1, -0.05) is 0 Å².